The molecule has 0 bridgehead atoms. The third-order valence-electron chi connectivity index (χ3n) is 3.17. The van der Waals surface area contributed by atoms with Gasteiger partial charge >= 0.3 is 0 Å². The molecular formula is C11H19N3O2S. The summed E-state index contributed by atoms with van der Waals surface area (Å²) in [5, 5.41) is 2.62. The number of nitrogens with one attached hydrogen (secondary N) is 1. The molecule has 0 unspecified atom stereocenters. The molecule has 0 radical (unpaired) electrons. The quantitative estimate of drug-likeness (QED) is 0.659. The minimum absolute atomic E-state index is 0.0187. The van der Waals surface area contributed by atoms with Gasteiger partial charge in [-0.05, 0) is 26.7 Å². The molecule has 0 aliphatic heterocycles. The molecule has 0 aromatic rings. The van der Waals surface area contributed by atoms with Gasteiger partial charge in [0.25, 0.3) is 0 Å². The van der Waals surface area contributed by atoms with E-state index in [1.165, 1.54) is 0 Å². The first-order valence-corrected chi connectivity index (χ1v) is 6.24. The van der Waals surface area contributed by atoms with Gasteiger partial charge in [-0.25, -0.2) is 0 Å². The average Bonchev–Trinajstić information content (AvgIpc) is 3.08. The number of nitrogens with zero attached hydrogens (tertiary/aromatic N) is 1. The standard InChI is InChI=1S/C11H19N3O2S/c1-3-14(4-2)8(15)7-13-10(16)11(5-6-11)9(12)17/h3-7H2,1-2H3,(H2,12,17)(H,13,16). The summed E-state index contributed by atoms with van der Waals surface area (Å²) in [6, 6.07) is 0. The van der Waals surface area contributed by atoms with E-state index in [2.05, 4.69) is 5.32 Å². The Morgan fingerprint density at radius 2 is 1.88 bits per heavy atom. The summed E-state index contributed by atoms with van der Waals surface area (Å²) in [4.78, 5) is 25.4. The minimum atomic E-state index is -0.682. The lowest BCUT2D eigenvalue weighted by molar-refractivity contribution is -0.133. The fourth-order valence-electron chi connectivity index (χ4n) is 1.72. The molecule has 0 atom stereocenters. The number of nitrogens with two attached hydrogens (primary N) is 1. The van der Waals surface area contributed by atoms with Crippen LogP contribution in [0.3, 0.4) is 0 Å². The first-order chi connectivity index (χ1) is 7.97. The average molecular weight is 257 g/mol. The summed E-state index contributed by atoms with van der Waals surface area (Å²) < 4.78 is 0. The summed E-state index contributed by atoms with van der Waals surface area (Å²) in [7, 11) is 0. The van der Waals surface area contributed by atoms with Gasteiger partial charge in [0.05, 0.1) is 16.9 Å². The fourth-order valence-corrected chi connectivity index (χ4v) is 2.02. The van der Waals surface area contributed by atoms with Gasteiger partial charge in [0, 0.05) is 13.1 Å². The van der Waals surface area contributed by atoms with Crippen molar-refractivity contribution in [3.05, 3.63) is 0 Å². The topological polar surface area (TPSA) is 75.4 Å². The van der Waals surface area contributed by atoms with Crippen molar-refractivity contribution in [1.29, 1.82) is 0 Å². The Kier molecular flexibility index (Phi) is 4.45. The molecule has 1 saturated carbocycles. The van der Waals surface area contributed by atoms with Crippen LogP contribution in [0, 0.1) is 5.41 Å². The summed E-state index contributed by atoms with van der Waals surface area (Å²) >= 11 is 4.87. The van der Waals surface area contributed by atoms with Crippen LogP contribution < -0.4 is 11.1 Å². The van der Waals surface area contributed by atoms with E-state index in [0.29, 0.717) is 25.9 Å². The van der Waals surface area contributed by atoms with Gasteiger partial charge in [-0.15, -0.1) is 0 Å². The van der Waals surface area contributed by atoms with Crippen LogP contribution in [0.2, 0.25) is 0 Å². The van der Waals surface area contributed by atoms with Crippen LogP contribution in [-0.4, -0.2) is 41.3 Å². The molecule has 0 aromatic carbocycles. The highest BCUT2D eigenvalue weighted by Gasteiger charge is 2.52. The Morgan fingerprint density at radius 3 is 2.24 bits per heavy atom. The zero-order chi connectivity index (χ0) is 13.1. The van der Waals surface area contributed by atoms with Gasteiger partial charge in [0.2, 0.25) is 11.8 Å². The number of likely N-dealkylation sites (N-methyl/N-ethyl adjacent to an activating group) is 1. The Hall–Kier alpha value is -1.17. The number of carbonyl (C=O) groups excluding carboxylic acids is 2. The van der Waals surface area contributed by atoms with E-state index in [1.54, 1.807) is 4.90 Å². The SMILES string of the molecule is CCN(CC)C(=O)CNC(=O)C1(C(N)=S)CC1. The Balaban J connectivity index is 2.44. The summed E-state index contributed by atoms with van der Waals surface area (Å²) in [6.45, 7) is 5.11. The highest BCUT2D eigenvalue weighted by atomic mass is 32.1. The number of thiocarbonyl (C=S) groups is 1. The van der Waals surface area contributed by atoms with Crippen LogP contribution >= 0.6 is 12.2 Å². The third-order valence-corrected chi connectivity index (χ3v) is 3.56. The summed E-state index contributed by atoms with van der Waals surface area (Å²) in [5.41, 5.74) is 4.85. The van der Waals surface area contributed by atoms with Crippen molar-refractivity contribution in [3.63, 3.8) is 0 Å². The second kappa shape index (κ2) is 5.44. The molecule has 0 saturated heterocycles. The van der Waals surface area contributed by atoms with E-state index in [9.17, 15) is 9.59 Å². The van der Waals surface area contributed by atoms with Crippen molar-refractivity contribution in [2.45, 2.75) is 26.7 Å². The van der Waals surface area contributed by atoms with Crippen LogP contribution in [0.15, 0.2) is 0 Å². The van der Waals surface area contributed by atoms with Gasteiger partial charge in [0.15, 0.2) is 0 Å². The molecule has 1 rings (SSSR count). The van der Waals surface area contributed by atoms with Crippen LogP contribution in [0.1, 0.15) is 26.7 Å². The molecule has 96 valence electrons. The first-order valence-electron chi connectivity index (χ1n) is 5.84. The number of amides is 2. The number of hydrogen-bond donors (Lipinski definition) is 2. The Morgan fingerprint density at radius 1 is 1.35 bits per heavy atom. The predicted octanol–water partition coefficient (Wildman–Crippen LogP) is 0.0373. The second-order valence-corrected chi connectivity index (χ2v) is 4.63. The molecule has 17 heavy (non-hydrogen) atoms. The van der Waals surface area contributed by atoms with Crippen molar-refractivity contribution in [2.75, 3.05) is 19.6 Å². The van der Waals surface area contributed by atoms with Crippen LogP contribution in [-0.2, 0) is 9.59 Å². The Labute approximate surface area is 107 Å². The lowest BCUT2D eigenvalue weighted by Crippen LogP contribution is -2.45. The van der Waals surface area contributed by atoms with Crippen molar-refractivity contribution in [1.82, 2.24) is 10.2 Å². The lowest BCUT2D eigenvalue weighted by Gasteiger charge is -2.20. The molecule has 0 spiro atoms. The lowest BCUT2D eigenvalue weighted by atomic mass is 10.1. The maximum atomic E-state index is 11.8. The maximum absolute atomic E-state index is 11.8. The largest absolute Gasteiger partial charge is 0.392 e. The molecule has 1 aliphatic rings. The van der Waals surface area contributed by atoms with E-state index in [0.717, 1.165) is 0 Å². The predicted molar refractivity (Wildman–Crippen MR) is 69.4 cm³/mol. The molecule has 0 aromatic heterocycles. The van der Waals surface area contributed by atoms with Gasteiger partial charge < -0.3 is 16.0 Å². The van der Waals surface area contributed by atoms with Crippen molar-refractivity contribution in [2.24, 2.45) is 11.1 Å². The second-order valence-electron chi connectivity index (χ2n) is 4.20. The first kappa shape index (κ1) is 13.9. The fraction of sp³-hybridized carbons (Fsp3) is 0.727. The van der Waals surface area contributed by atoms with Crippen molar-refractivity contribution >= 4 is 29.0 Å². The molecule has 0 heterocycles. The van der Waals surface area contributed by atoms with Crippen LogP contribution in [0.5, 0.6) is 0 Å². The third kappa shape index (κ3) is 2.94. The summed E-state index contributed by atoms with van der Waals surface area (Å²) in [6.07, 6.45) is 1.38. The molecule has 6 heteroatoms. The van der Waals surface area contributed by atoms with Crippen LogP contribution in [0.25, 0.3) is 0 Å². The molecule has 5 nitrogen and oxygen atoms in total. The van der Waals surface area contributed by atoms with Crippen LogP contribution in [0.4, 0.5) is 0 Å². The summed E-state index contributed by atoms with van der Waals surface area (Å²) in [5.74, 6) is -0.299. The van der Waals surface area contributed by atoms with E-state index in [1.807, 2.05) is 13.8 Å². The maximum Gasteiger partial charge on any atom is 0.241 e. The zero-order valence-electron chi connectivity index (χ0n) is 10.3. The molecule has 3 N–H and O–H groups in total. The van der Waals surface area contributed by atoms with E-state index in [-0.39, 0.29) is 23.3 Å². The van der Waals surface area contributed by atoms with E-state index < -0.39 is 5.41 Å². The number of carbonyl (C=O) groups is 2. The number of hydrogen-bond acceptors (Lipinski definition) is 3. The van der Waals surface area contributed by atoms with Crippen molar-refractivity contribution < 1.29 is 9.59 Å². The van der Waals surface area contributed by atoms with Gasteiger partial charge in [-0.3, -0.25) is 9.59 Å². The highest BCUT2D eigenvalue weighted by Crippen LogP contribution is 2.46. The minimum Gasteiger partial charge on any atom is -0.392 e. The Bertz CT molecular complexity index is 336. The van der Waals surface area contributed by atoms with E-state index in [4.69, 9.17) is 18.0 Å². The van der Waals surface area contributed by atoms with Gasteiger partial charge in [-0.2, -0.15) is 0 Å². The van der Waals surface area contributed by atoms with E-state index >= 15 is 0 Å². The zero-order valence-corrected chi connectivity index (χ0v) is 11.1. The normalized spacial score (nSPS) is 16.1. The smallest absolute Gasteiger partial charge is 0.241 e. The molecule has 1 aliphatic carbocycles. The van der Waals surface area contributed by atoms with Gasteiger partial charge in [-0.1, -0.05) is 12.2 Å². The molecule has 2 amide bonds. The monoisotopic (exact) mass is 257 g/mol. The van der Waals surface area contributed by atoms with Gasteiger partial charge in [0.1, 0.15) is 0 Å². The highest BCUT2D eigenvalue weighted by molar-refractivity contribution is 7.80. The van der Waals surface area contributed by atoms with Crippen molar-refractivity contribution in [3.8, 4) is 0 Å². The molecule has 1 fully saturated rings. The number of rotatable bonds is 6. The molecular weight excluding hydrogens is 238 g/mol.